The van der Waals surface area contributed by atoms with E-state index in [0.29, 0.717) is 25.1 Å². The van der Waals surface area contributed by atoms with E-state index in [2.05, 4.69) is 10.6 Å². The molecule has 1 aromatic rings. The van der Waals surface area contributed by atoms with Crippen LogP contribution >= 0.6 is 0 Å². The van der Waals surface area contributed by atoms with Crippen molar-refractivity contribution in [1.29, 1.82) is 5.26 Å². The molecule has 0 aliphatic heterocycles. The summed E-state index contributed by atoms with van der Waals surface area (Å²) < 4.78 is 0. The maximum atomic E-state index is 11.4. The highest BCUT2D eigenvalue weighted by molar-refractivity contribution is 5.76. The van der Waals surface area contributed by atoms with Crippen molar-refractivity contribution in [2.75, 3.05) is 13.1 Å². The Morgan fingerprint density at radius 1 is 1.35 bits per heavy atom. The van der Waals surface area contributed by atoms with Crippen LogP contribution in [0.3, 0.4) is 0 Å². The van der Waals surface area contributed by atoms with Crippen LogP contribution in [0.15, 0.2) is 24.3 Å². The lowest BCUT2D eigenvalue weighted by Crippen LogP contribution is -2.33. The molecule has 0 heterocycles. The maximum Gasteiger partial charge on any atom is 0.221 e. The number of carbonyl (C=O) groups excluding carboxylic acids is 1. The number of benzene rings is 1. The van der Waals surface area contributed by atoms with Crippen molar-refractivity contribution in [3.8, 4) is 6.07 Å². The van der Waals surface area contributed by atoms with Crippen LogP contribution in [0.1, 0.15) is 37.5 Å². The van der Waals surface area contributed by atoms with E-state index in [4.69, 9.17) is 5.26 Å². The fourth-order valence-electron chi connectivity index (χ4n) is 1.73. The van der Waals surface area contributed by atoms with E-state index in [1.165, 1.54) is 0 Å². The molecule has 5 nitrogen and oxygen atoms in total. The first-order valence-electron chi connectivity index (χ1n) is 6.71. The van der Waals surface area contributed by atoms with Gasteiger partial charge in [0.15, 0.2) is 0 Å². The number of hydrogen-bond donors (Lipinski definition) is 3. The van der Waals surface area contributed by atoms with Gasteiger partial charge in [-0.15, -0.1) is 0 Å². The molecule has 1 atom stereocenters. The predicted molar refractivity (Wildman–Crippen MR) is 76.9 cm³/mol. The molecule has 0 aromatic heterocycles. The zero-order valence-electron chi connectivity index (χ0n) is 11.9. The first kappa shape index (κ1) is 16.2. The first-order valence-corrected chi connectivity index (χ1v) is 6.71. The second-order valence-electron chi connectivity index (χ2n) is 4.93. The normalized spacial score (nSPS) is 11.9. The van der Waals surface area contributed by atoms with E-state index >= 15 is 0 Å². The van der Waals surface area contributed by atoms with Crippen LogP contribution in [0.4, 0.5) is 0 Å². The molecule has 0 bridgehead atoms. The molecule has 0 radical (unpaired) electrons. The van der Waals surface area contributed by atoms with Gasteiger partial charge in [0.2, 0.25) is 5.91 Å². The Kier molecular flexibility index (Phi) is 6.71. The Bertz CT molecular complexity index is 463. The quantitative estimate of drug-likeness (QED) is 0.650. The van der Waals surface area contributed by atoms with Gasteiger partial charge >= 0.3 is 0 Å². The van der Waals surface area contributed by atoms with Crippen molar-refractivity contribution < 1.29 is 9.90 Å². The molecule has 1 aromatic carbocycles. The zero-order chi connectivity index (χ0) is 15.0. The molecule has 0 saturated carbocycles. The third kappa shape index (κ3) is 5.83. The second kappa shape index (κ2) is 8.31. The SMILES string of the molecule is CC(C)NC(=O)CCNCC(O)c1ccc(C#N)cc1. The summed E-state index contributed by atoms with van der Waals surface area (Å²) in [5.74, 6) is 0.000336. The Morgan fingerprint density at radius 3 is 2.55 bits per heavy atom. The molecule has 0 saturated heterocycles. The molecule has 108 valence electrons. The molecular weight excluding hydrogens is 254 g/mol. The number of nitrogens with zero attached hydrogens (tertiary/aromatic N) is 1. The van der Waals surface area contributed by atoms with Gasteiger partial charge in [-0.2, -0.15) is 5.26 Å². The number of hydrogen-bond acceptors (Lipinski definition) is 4. The van der Waals surface area contributed by atoms with Crippen LogP contribution < -0.4 is 10.6 Å². The van der Waals surface area contributed by atoms with Crippen LogP contribution in [-0.2, 0) is 4.79 Å². The highest BCUT2D eigenvalue weighted by Crippen LogP contribution is 2.12. The van der Waals surface area contributed by atoms with Gasteiger partial charge in [-0.05, 0) is 31.5 Å². The topological polar surface area (TPSA) is 85.2 Å². The summed E-state index contributed by atoms with van der Waals surface area (Å²) in [7, 11) is 0. The minimum absolute atomic E-state index is 0.000336. The van der Waals surface area contributed by atoms with E-state index < -0.39 is 6.10 Å². The van der Waals surface area contributed by atoms with E-state index in [0.717, 1.165) is 5.56 Å². The van der Waals surface area contributed by atoms with Gasteiger partial charge in [-0.3, -0.25) is 4.79 Å². The van der Waals surface area contributed by atoms with E-state index in [1.54, 1.807) is 24.3 Å². The highest BCUT2D eigenvalue weighted by atomic mass is 16.3. The Morgan fingerprint density at radius 2 is 2.00 bits per heavy atom. The number of carbonyl (C=O) groups is 1. The van der Waals surface area contributed by atoms with E-state index in [-0.39, 0.29) is 11.9 Å². The molecule has 0 aliphatic carbocycles. The lowest BCUT2D eigenvalue weighted by molar-refractivity contribution is -0.121. The highest BCUT2D eigenvalue weighted by Gasteiger charge is 2.08. The van der Waals surface area contributed by atoms with E-state index in [1.807, 2.05) is 19.9 Å². The number of amides is 1. The van der Waals surface area contributed by atoms with Crippen LogP contribution in [0.5, 0.6) is 0 Å². The van der Waals surface area contributed by atoms with Crippen molar-refractivity contribution in [3.05, 3.63) is 35.4 Å². The molecule has 1 amide bonds. The monoisotopic (exact) mass is 275 g/mol. The first-order chi connectivity index (χ1) is 9.52. The molecular formula is C15H21N3O2. The van der Waals surface area contributed by atoms with Crippen LogP contribution in [0.2, 0.25) is 0 Å². The van der Waals surface area contributed by atoms with Crippen molar-refractivity contribution in [2.24, 2.45) is 0 Å². The number of rotatable bonds is 7. The number of nitrogens with one attached hydrogen (secondary N) is 2. The average molecular weight is 275 g/mol. The molecule has 5 heteroatoms. The lowest BCUT2D eigenvalue weighted by Gasteiger charge is -2.13. The minimum Gasteiger partial charge on any atom is -0.387 e. The summed E-state index contributed by atoms with van der Waals surface area (Å²) >= 11 is 0. The van der Waals surface area contributed by atoms with Gasteiger partial charge in [0, 0.05) is 25.6 Å². The van der Waals surface area contributed by atoms with Crippen molar-refractivity contribution in [3.63, 3.8) is 0 Å². The standard InChI is InChI=1S/C15H21N3O2/c1-11(2)18-15(20)7-8-17-10-14(19)13-5-3-12(9-16)4-6-13/h3-6,11,14,17,19H,7-8,10H2,1-2H3,(H,18,20). The lowest BCUT2D eigenvalue weighted by atomic mass is 10.1. The third-order valence-electron chi connectivity index (χ3n) is 2.74. The zero-order valence-corrected chi connectivity index (χ0v) is 11.9. The van der Waals surface area contributed by atoms with E-state index in [9.17, 15) is 9.90 Å². The molecule has 0 spiro atoms. The molecule has 0 aliphatic rings. The fraction of sp³-hybridized carbons (Fsp3) is 0.467. The Hall–Kier alpha value is -1.90. The Labute approximate surface area is 119 Å². The molecule has 1 rings (SSSR count). The van der Waals surface area contributed by atoms with Gasteiger partial charge in [0.05, 0.1) is 17.7 Å². The smallest absolute Gasteiger partial charge is 0.221 e. The largest absolute Gasteiger partial charge is 0.387 e. The predicted octanol–water partition coefficient (Wildman–Crippen LogP) is 1.10. The molecule has 0 fully saturated rings. The summed E-state index contributed by atoms with van der Waals surface area (Å²) in [5, 5.41) is 24.5. The van der Waals surface area contributed by atoms with Crippen LogP contribution in [0.25, 0.3) is 0 Å². The van der Waals surface area contributed by atoms with Gasteiger partial charge in [0.25, 0.3) is 0 Å². The van der Waals surface area contributed by atoms with Crippen molar-refractivity contribution in [1.82, 2.24) is 10.6 Å². The van der Waals surface area contributed by atoms with Crippen molar-refractivity contribution in [2.45, 2.75) is 32.4 Å². The van der Waals surface area contributed by atoms with Gasteiger partial charge in [-0.25, -0.2) is 0 Å². The van der Waals surface area contributed by atoms with Gasteiger partial charge in [0.1, 0.15) is 0 Å². The summed E-state index contributed by atoms with van der Waals surface area (Å²) in [6.07, 6.45) is -0.256. The van der Waals surface area contributed by atoms with Gasteiger partial charge in [-0.1, -0.05) is 12.1 Å². The van der Waals surface area contributed by atoms with Gasteiger partial charge < -0.3 is 15.7 Å². The number of aliphatic hydroxyl groups is 1. The summed E-state index contributed by atoms with van der Waals surface area (Å²) in [4.78, 5) is 11.4. The Balaban J connectivity index is 2.27. The number of aliphatic hydroxyl groups excluding tert-OH is 1. The minimum atomic E-state index is -0.643. The van der Waals surface area contributed by atoms with Crippen LogP contribution in [0, 0.1) is 11.3 Å². The van der Waals surface area contributed by atoms with Crippen molar-refractivity contribution >= 4 is 5.91 Å². The van der Waals surface area contributed by atoms with Crippen LogP contribution in [-0.4, -0.2) is 30.1 Å². The summed E-state index contributed by atoms with van der Waals surface area (Å²) in [5.41, 5.74) is 1.32. The summed E-state index contributed by atoms with van der Waals surface area (Å²) in [6.45, 7) is 4.73. The fourth-order valence-corrected chi connectivity index (χ4v) is 1.73. The molecule has 20 heavy (non-hydrogen) atoms. The molecule has 3 N–H and O–H groups in total. The molecule has 1 unspecified atom stereocenters. The third-order valence-corrected chi connectivity index (χ3v) is 2.74. The maximum absolute atomic E-state index is 11.4. The summed E-state index contributed by atoms with van der Waals surface area (Å²) in [6, 6.07) is 8.99. The average Bonchev–Trinajstić information content (AvgIpc) is 2.42. The second-order valence-corrected chi connectivity index (χ2v) is 4.93. The number of nitriles is 1.